The Kier molecular flexibility index (Phi) is 5.79. The van der Waals surface area contributed by atoms with Crippen LogP contribution in [-0.4, -0.2) is 38.6 Å². The van der Waals surface area contributed by atoms with E-state index in [2.05, 4.69) is 10.6 Å². The minimum atomic E-state index is -3.64. The molecule has 0 heterocycles. The molecule has 0 saturated carbocycles. The Morgan fingerprint density at radius 1 is 0.923 bits per heavy atom. The van der Waals surface area contributed by atoms with Crippen molar-refractivity contribution in [1.29, 1.82) is 0 Å². The number of hydrogen-bond donors (Lipinski definition) is 2. The molecule has 0 aliphatic heterocycles. The van der Waals surface area contributed by atoms with Crippen LogP contribution in [0.25, 0.3) is 0 Å². The van der Waals surface area contributed by atoms with E-state index in [1.54, 1.807) is 43.3 Å². The molecule has 0 unspecified atom stereocenters. The molecule has 0 bridgehead atoms. The van der Waals surface area contributed by atoms with E-state index in [1.165, 1.54) is 27.1 Å². The van der Waals surface area contributed by atoms with E-state index in [0.29, 0.717) is 16.9 Å². The first kappa shape index (κ1) is 19.6. The number of nitrogens with zero attached hydrogens (tertiary/aromatic N) is 1. The van der Waals surface area contributed by atoms with Crippen LogP contribution in [0, 0.1) is 6.92 Å². The average Bonchev–Trinajstić information content (AvgIpc) is 2.56. The summed E-state index contributed by atoms with van der Waals surface area (Å²) < 4.78 is 25.9. The van der Waals surface area contributed by atoms with Gasteiger partial charge in [0.15, 0.2) is 0 Å². The van der Waals surface area contributed by atoms with Crippen LogP contribution in [0.15, 0.2) is 47.4 Å². The Morgan fingerprint density at radius 2 is 1.46 bits per heavy atom. The quantitative estimate of drug-likeness (QED) is 0.839. The van der Waals surface area contributed by atoms with Crippen molar-refractivity contribution in [2.24, 2.45) is 0 Å². The number of rotatable bonds is 5. The molecule has 2 rings (SSSR count). The van der Waals surface area contributed by atoms with Crippen molar-refractivity contribution in [3.8, 4) is 0 Å². The molecule has 2 aromatic carbocycles. The summed E-state index contributed by atoms with van der Waals surface area (Å²) in [6.07, 6.45) is 0. The predicted molar refractivity (Wildman–Crippen MR) is 101 cm³/mol. The summed E-state index contributed by atoms with van der Waals surface area (Å²) in [5, 5.41) is 5.34. The normalized spacial score (nSPS) is 11.3. The van der Waals surface area contributed by atoms with Crippen molar-refractivity contribution in [3.05, 3.63) is 53.6 Å². The molecule has 0 saturated heterocycles. The fourth-order valence-electron chi connectivity index (χ4n) is 2.26. The monoisotopic (exact) mass is 375 g/mol. The van der Waals surface area contributed by atoms with Crippen molar-refractivity contribution in [2.75, 3.05) is 24.7 Å². The Balaban J connectivity index is 2.24. The van der Waals surface area contributed by atoms with Gasteiger partial charge in [-0.3, -0.25) is 9.59 Å². The molecule has 2 amide bonds. The highest BCUT2D eigenvalue weighted by atomic mass is 32.2. The highest BCUT2D eigenvalue weighted by Gasteiger charge is 2.21. The lowest BCUT2D eigenvalue weighted by atomic mass is 10.1. The van der Waals surface area contributed by atoms with Crippen molar-refractivity contribution in [1.82, 2.24) is 4.31 Å². The lowest BCUT2D eigenvalue weighted by Gasteiger charge is -2.15. The van der Waals surface area contributed by atoms with E-state index in [9.17, 15) is 18.0 Å². The van der Waals surface area contributed by atoms with E-state index in [0.717, 1.165) is 4.31 Å². The average molecular weight is 375 g/mol. The zero-order valence-corrected chi connectivity index (χ0v) is 15.8. The largest absolute Gasteiger partial charge is 0.326 e. The zero-order valence-electron chi connectivity index (χ0n) is 15.0. The number of nitrogens with one attached hydrogen (secondary N) is 2. The molecule has 2 aromatic rings. The standard InChI is InChI=1S/C18H21N3O4S/c1-12-5-6-14(11-17(12)26(24,25)21(3)4)18(23)20-16-9-7-15(8-10-16)19-13(2)22/h5-11H,1-4H3,(H,19,22)(H,20,23). The lowest BCUT2D eigenvalue weighted by Crippen LogP contribution is -2.23. The van der Waals surface area contributed by atoms with Gasteiger partial charge in [-0.1, -0.05) is 6.07 Å². The molecule has 0 spiro atoms. The Labute approximate surface area is 153 Å². The molecular formula is C18H21N3O4S. The third kappa shape index (κ3) is 4.47. The number of aryl methyl sites for hydroxylation is 1. The Bertz CT molecular complexity index is 935. The smallest absolute Gasteiger partial charge is 0.255 e. The number of benzene rings is 2. The molecule has 0 aliphatic carbocycles. The molecule has 2 N–H and O–H groups in total. The van der Waals surface area contributed by atoms with Gasteiger partial charge in [0.25, 0.3) is 5.91 Å². The van der Waals surface area contributed by atoms with Gasteiger partial charge in [-0.25, -0.2) is 12.7 Å². The van der Waals surface area contributed by atoms with Gasteiger partial charge < -0.3 is 10.6 Å². The summed E-state index contributed by atoms with van der Waals surface area (Å²) in [5.41, 5.74) is 1.95. The van der Waals surface area contributed by atoms with Gasteiger partial charge in [0, 0.05) is 38.0 Å². The molecule has 8 heteroatoms. The van der Waals surface area contributed by atoms with Crippen molar-refractivity contribution in [2.45, 2.75) is 18.7 Å². The predicted octanol–water partition coefficient (Wildman–Crippen LogP) is 2.46. The maximum Gasteiger partial charge on any atom is 0.255 e. The summed E-state index contributed by atoms with van der Waals surface area (Å²) >= 11 is 0. The Hall–Kier alpha value is -2.71. The molecule has 0 fully saturated rings. The van der Waals surface area contributed by atoms with Gasteiger partial charge in [0.05, 0.1) is 4.90 Å². The molecule has 0 aliphatic rings. The summed E-state index contributed by atoms with van der Waals surface area (Å²) in [7, 11) is -0.755. The van der Waals surface area contributed by atoms with Crippen LogP contribution in [0.1, 0.15) is 22.8 Å². The second kappa shape index (κ2) is 7.67. The molecule has 0 atom stereocenters. The first-order valence-corrected chi connectivity index (χ1v) is 9.27. The summed E-state index contributed by atoms with van der Waals surface area (Å²) in [6.45, 7) is 3.09. The molecule has 0 radical (unpaired) electrons. The first-order chi connectivity index (χ1) is 12.1. The minimum Gasteiger partial charge on any atom is -0.326 e. The van der Waals surface area contributed by atoms with Crippen LogP contribution < -0.4 is 10.6 Å². The number of hydrogen-bond acceptors (Lipinski definition) is 4. The van der Waals surface area contributed by atoms with Crippen molar-refractivity contribution < 1.29 is 18.0 Å². The van der Waals surface area contributed by atoms with Crippen LogP contribution >= 0.6 is 0 Å². The Morgan fingerprint density at radius 3 is 1.96 bits per heavy atom. The molecule has 7 nitrogen and oxygen atoms in total. The number of amides is 2. The number of anilines is 2. The topological polar surface area (TPSA) is 95.6 Å². The van der Waals surface area contributed by atoms with E-state index in [1.807, 2.05) is 0 Å². The lowest BCUT2D eigenvalue weighted by molar-refractivity contribution is -0.114. The van der Waals surface area contributed by atoms with E-state index in [-0.39, 0.29) is 16.4 Å². The van der Waals surface area contributed by atoms with Crippen LogP contribution in [0.2, 0.25) is 0 Å². The SMILES string of the molecule is CC(=O)Nc1ccc(NC(=O)c2ccc(C)c(S(=O)(=O)N(C)C)c2)cc1. The first-order valence-electron chi connectivity index (χ1n) is 7.83. The van der Waals surface area contributed by atoms with Crippen LogP contribution in [-0.2, 0) is 14.8 Å². The van der Waals surface area contributed by atoms with Crippen molar-refractivity contribution in [3.63, 3.8) is 0 Å². The maximum atomic E-state index is 12.4. The third-order valence-electron chi connectivity index (χ3n) is 3.67. The fraction of sp³-hybridized carbons (Fsp3) is 0.222. The van der Waals surface area contributed by atoms with Crippen LogP contribution in [0.4, 0.5) is 11.4 Å². The second-order valence-corrected chi connectivity index (χ2v) is 8.10. The zero-order chi connectivity index (χ0) is 19.5. The van der Waals surface area contributed by atoms with E-state index >= 15 is 0 Å². The summed E-state index contributed by atoms with van der Waals surface area (Å²) in [4.78, 5) is 23.6. The summed E-state index contributed by atoms with van der Waals surface area (Å²) in [6, 6.07) is 11.2. The number of carbonyl (C=O) groups excluding carboxylic acids is 2. The molecule has 26 heavy (non-hydrogen) atoms. The van der Waals surface area contributed by atoms with Crippen molar-refractivity contribution >= 4 is 33.2 Å². The third-order valence-corrected chi connectivity index (χ3v) is 5.63. The highest BCUT2D eigenvalue weighted by molar-refractivity contribution is 7.89. The second-order valence-electron chi connectivity index (χ2n) is 5.98. The van der Waals surface area contributed by atoms with Crippen LogP contribution in [0.5, 0.6) is 0 Å². The highest BCUT2D eigenvalue weighted by Crippen LogP contribution is 2.21. The van der Waals surface area contributed by atoms with Gasteiger partial charge in [0.2, 0.25) is 15.9 Å². The van der Waals surface area contributed by atoms with Gasteiger partial charge >= 0.3 is 0 Å². The molecule has 138 valence electrons. The molecular weight excluding hydrogens is 354 g/mol. The molecule has 0 aromatic heterocycles. The van der Waals surface area contributed by atoms with Gasteiger partial charge in [-0.2, -0.15) is 0 Å². The van der Waals surface area contributed by atoms with E-state index in [4.69, 9.17) is 0 Å². The number of sulfonamides is 1. The van der Waals surface area contributed by atoms with Gasteiger partial charge in [0.1, 0.15) is 0 Å². The summed E-state index contributed by atoms with van der Waals surface area (Å²) in [5.74, 6) is -0.608. The van der Waals surface area contributed by atoms with E-state index < -0.39 is 15.9 Å². The van der Waals surface area contributed by atoms with Gasteiger partial charge in [-0.15, -0.1) is 0 Å². The number of carbonyl (C=O) groups is 2. The fourth-order valence-corrected chi connectivity index (χ4v) is 3.40. The van der Waals surface area contributed by atoms with Gasteiger partial charge in [-0.05, 0) is 48.9 Å². The minimum absolute atomic E-state index is 0.0937. The maximum absolute atomic E-state index is 12.4. The van der Waals surface area contributed by atoms with Crippen LogP contribution in [0.3, 0.4) is 0 Å².